The van der Waals surface area contributed by atoms with Crippen molar-refractivity contribution in [1.29, 1.82) is 0 Å². The smallest absolute Gasteiger partial charge is 0.237 e. The van der Waals surface area contributed by atoms with E-state index in [0.717, 1.165) is 24.9 Å². The summed E-state index contributed by atoms with van der Waals surface area (Å²) in [4.78, 5) is 14.1. The predicted molar refractivity (Wildman–Crippen MR) is 76.4 cm³/mol. The van der Waals surface area contributed by atoms with Gasteiger partial charge in [0.2, 0.25) is 5.91 Å². The molecular weight excluding hydrogens is 238 g/mol. The van der Waals surface area contributed by atoms with Gasteiger partial charge in [0, 0.05) is 19.1 Å². The molecule has 19 heavy (non-hydrogen) atoms. The quantitative estimate of drug-likeness (QED) is 0.810. The summed E-state index contributed by atoms with van der Waals surface area (Å²) < 4.78 is 0. The maximum absolute atomic E-state index is 12.0. The summed E-state index contributed by atoms with van der Waals surface area (Å²) in [6.07, 6.45) is 2.25. The lowest BCUT2D eigenvalue weighted by Crippen LogP contribution is -2.43. The van der Waals surface area contributed by atoms with E-state index in [4.69, 9.17) is 5.73 Å². The van der Waals surface area contributed by atoms with Crippen LogP contribution in [0.25, 0.3) is 0 Å². The molecule has 1 atom stereocenters. The molecule has 1 fully saturated rings. The Morgan fingerprint density at radius 1 is 1.42 bits per heavy atom. The third kappa shape index (κ3) is 3.78. The Kier molecular flexibility index (Phi) is 4.56. The van der Waals surface area contributed by atoms with Gasteiger partial charge in [-0.2, -0.15) is 0 Å². The number of nitrogens with zero attached hydrogens (tertiary/aromatic N) is 1. The van der Waals surface area contributed by atoms with E-state index in [9.17, 15) is 4.79 Å². The molecule has 1 aromatic carbocycles. The van der Waals surface area contributed by atoms with E-state index in [-0.39, 0.29) is 11.9 Å². The molecule has 1 aliphatic carbocycles. The number of likely N-dealkylation sites (N-methyl/N-ethyl adjacent to an activating group) is 1. The number of nitrogens with two attached hydrogens (primary N) is 1. The molecule has 104 valence electrons. The van der Waals surface area contributed by atoms with Gasteiger partial charge in [-0.05, 0) is 37.9 Å². The van der Waals surface area contributed by atoms with Crippen molar-refractivity contribution in [2.75, 3.05) is 7.05 Å². The average Bonchev–Trinajstić information content (AvgIpc) is 3.22. The molecule has 1 saturated carbocycles. The predicted octanol–water partition coefficient (Wildman–Crippen LogP) is 1.24. The monoisotopic (exact) mass is 261 g/mol. The second kappa shape index (κ2) is 6.17. The highest BCUT2D eigenvalue weighted by Gasteiger charge is 2.27. The van der Waals surface area contributed by atoms with Gasteiger partial charge in [-0.1, -0.05) is 24.3 Å². The second-order valence-corrected chi connectivity index (χ2v) is 5.35. The summed E-state index contributed by atoms with van der Waals surface area (Å²) in [5.74, 6) is 0.121. The van der Waals surface area contributed by atoms with Crippen molar-refractivity contribution >= 4 is 5.91 Å². The van der Waals surface area contributed by atoms with Gasteiger partial charge in [-0.25, -0.2) is 0 Å². The number of rotatable bonds is 6. The first-order chi connectivity index (χ1) is 9.11. The van der Waals surface area contributed by atoms with Crippen LogP contribution in [0.5, 0.6) is 0 Å². The summed E-state index contributed by atoms with van der Waals surface area (Å²) in [6.45, 7) is 3.22. The van der Waals surface area contributed by atoms with E-state index in [1.165, 1.54) is 5.56 Å². The minimum absolute atomic E-state index is 0.119. The SMILES string of the molecule is CC(C(=O)NC1CC1)N(C)Cc1ccccc1CN. The summed E-state index contributed by atoms with van der Waals surface area (Å²) >= 11 is 0. The molecule has 4 nitrogen and oxygen atoms in total. The number of nitrogens with one attached hydrogen (secondary N) is 1. The molecule has 2 rings (SSSR count). The number of carbonyl (C=O) groups is 1. The topological polar surface area (TPSA) is 58.4 Å². The maximum Gasteiger partial charge on any atom is 0.237 e. The molecular formula is C15H23N3O. The van der Waals surface area contributed by atoms with E-state index in [1.807, 2.05) is 32.2 Å². The third-order valence-electron chi connectivity index (χ3n) is 3.72. The van der Waals surface area contributed by atoms with Gasteiger partial charge >= 0.3 is 0 Å². The number of hydrogen-bond donors (Lipinski definition) is 2. The summed E-state index contributed by atoms with van der Waals surface area (Å²) in [6, 6.07) is 8.42. The van der Waals surface area contributed by atoms with E-state index in [2.05, 4.69) is 16.3 Å². The van der Waals surface area contributed by atoms with Crippen molar-refractivity contribution in [3.8, 4) is 0 Å². The van der Waals surface area contributed by atoms with Crippen LogP contribution in [-0.2, 0) is 17.9 Å². The van der Waals surface area contributed by atoms with Crippen LogP contribution >= 0.6 is 0 Å². The molecule has 0 heterocycles. The van der Waals surface area contributed by atoms with Crippen LogP contribution in [-0.4, -0.2) is 29.9 Å². The zero-order chi connectivity index (χ0) is 13.8. The lowest BCUT2D eigenvalue weighted by atomic mass is 10.1. The van der Waals surface area contributed by atoms with Crippen LogP contribution in [0.15, 0.2) is 24.3 Å². The highest BCUT2D eigenvalue weighted by atomic mass is 16.2. The highest BCUT2D eigenvalue weighted by molar-refractivity contribution is 5.81. The minimum Gasteiger partial charge on any atom is -0.352 e. The van der Waals surface area contributed by atoms with Crippen molar-refractivity contribution in [3.63, 3.8) is 0 Å². The Morgan fingerprint density at radius 2 is 2.05 bits per heavy atom. The van der Waals surface area contributed by atoms with Gasteiger partial charge in [0.1, 0.15) is 0 Å². The van der Waals surface area contributed by atoms with Crippen molar-refractivity contribution in [3.05, 3.63) is 35.4 Å². The number of hydrogen-bond acceptors (Lipinski definition) is 3. The molecule has 1 unspecified atom stereocenters. The van der Waals surface area contributed by atoms with Crippen molar-refractivity contribution in [1.82, 2.24) is 10.2 Å². The summed E-state index contributed by atoms with van der Waals surface area (Å²) in [5.41, 5.74) is 8.07. The molecule has 0 saturated heterocycles. The van der Waals surface area contributed by atoms with Gasteiger partial charge in [-0.15, -0.1) is 0 Å². The Bertz CT molecular complexity index is 443. The first-order valence-electron chi connectivity index (χ1n) is 6.89. The van der Waals surface area contributed by atoms with Crippen LogP contribution in [0.2, 0.25) is 0 Å². The zero-order valence-electron chi connectivity index (χ0n) is 11.7. The lowest BCUT2D eigenvalue weighted by molar-refractivity contribution is -0.125. The molecule has 1 amide bonds. The van der Waals surface area contributed by atoms with E-state index in [0.29, 0.717) is 12.6 Å². The summed E-state index contributed by atoms with van der Waals surface area (Å²) in [5, 5.41) is 3.04. The standard InChI is InChI=1S/C15H23N3O/c1-11(15(19)17-14-7-8-14)18(2)10-13-6-4-3-5-12(13)9-16/h3-6,11,14H,7-10,16H2,1-2H3,(H,17,19). The molecule has 4 heteroatoms. The Balaban J connectivity index is 1.95. The molecule has 0 radical (unpaired) electrons. The van der Waals surface area contributed by atoms with Gasteiger partial charge in [0.15, 0.2) is 0 Å². The number of amides is 1. The Hall–Kier alpha value is -1.39. The van der Waals surface area contributed by atoms with Gasteiger partial charge in [0.25, 0.3) is 0 Å². The number of carbonyl (C=O) groups excluding carboxylic acids is 1. The molecule has 1 aliphatic rings. The van der Waals surface area contributed by atoms with Crippen molar-refractivity contribution in [2.45, 2.75) is 44.9 Å². The molecule has 3 N–H and O–H groups in total. The van der Waals surface area contributed by atoms with E-state index in [1.54, 1.807) is 0 Å². The summed E-state index contributed by atoms with van der Waals surface area (Å²) in [7, 11) is 1.98. The van der Waals surface area contributed by atoms with Gasteiger partial charge in [-0.3, -0.25) is 9.69 Å². The first kappa shape index (κ1) is 14.0. The van der Waals surface area contributed by atoms with Gasteiger partial charge < -0.3 is 11.1 Å². The molecule has 0 spiro atoms. The Labute approximate surface area is 115 Å². The van der Waals surface area contributed by atoms with Crippen LogP contribution in [0.3, 0.4) is 0 Å². The van der Waals surface area contributed by atoms with Crippen LogP contribution in [0.4, 0.5) is 0 Å². The van der Waals surface area contributed by atoms with Crippen molar-refractivity contribution < 1.29 is 4.79 Å². The maximum atomic E-state index is 12.0. The second-order valence-electron chi connectivity index (χ2n) is 5.35. The van der Waals surface area contributed by atoms with E-state index < -0.39 is 0 Å². The molecule has 0 aliphatic heterocycles. The average molecular weight is 261 g/mol. The van der Waals surface area contributed by atoms with Crippen molar-refractivity contribution in [2.24, 2.45) is 5.73 Å². The highest BCUT2D eigenvalue weighted by Crippen LogP contribution is 2.19. The third-order valence-corrected chi connectivity index (χ3v) is 3.72. The minimum atomic E-state index is -0.119. The molecule has 0 aromatic heterocycles. The fraction of sp³-hybridized carbons (Fsp3) is 0.533. The van der Waals surface area contributed by atoms with E-state index >= 15 is 0 Å². The zero-order valence-corrected chi connectivity index (χ0v) is 11.7. The molecule has 1 aromatic rings. The van der Waals surface area contributed by atoms with Crippen LogP contribution in [0, 0.1) is 0 Å². The van der Waals surface area contributed by atoms with Crippen LogP contribution < -0.4 is 11.1 Å². The van der Waals surface area contributed by atoms with Gasteiger partial charge in [0.05, 0.1) is 6.04 Å². The van der Waals surface area contributed by atoms with Crippen LogP contribution in [0.1, 0.15) is 30.9 Å². The number of benzene rings is 1. The lowest BCUT2D eigenvalue weighted by Gasteiger charge is -2.24. The normalized spacial score (nSPS) is 16.4. The first-order valence-corrected chi connectivity index (χ1v) is 6.89. The fourth-order valence-corrected chi connectivity index (χ4v) is 2.07. The Morgan fingerprint density at radius 3 is 2.63 bits per heavy atom. The molecule has 0 bridgehead atoms. The fourth-order valence-electron chi connectivity index (χ4n) is 2.07. The largest absolute Gasteiger partial charge is 0.352 e.